The molecule has 1 aromatic carbocycles. The number of methoxy groups -OCH3 is 2. The number of phenols is 1. The predicted octanol–water partition coefficient (Wildman–Crippen LogP) is 3.15. The summed E-state index contributed by atoms with van der Waals surface area (Å²) >= 11 is 0. The van der Waals surface area contributed by atoms with Crippen LogP contribution >= 0.6 is 0 Å². The van der Waals surface area contributed by atoms with Crippen LogP contribution in [0.1, 0.15) is 25.3 Å². The molecule has 0 spiro atoms. The third-order valence-electron chi connectivity index (χ3n) is 4.77. The third-order valence-corrected chi connectivity index (χ3v) is 4.77. The Balaban J connectivity index is 2.65. The van der Waals surface area contributed by atoms with Crippen LogP contribution in [0.2, 0.25) is 0 Å². The molecule has 2 rings (SSSR count). The number of carbonyl (C=O) groups is 1. The number of alkyl halides is 3. The summed E-state index contributed by atoms with van der Waals surface area (Å²) < 4.78 is 69.2. The zero-order valence-electron chi connectivity index (χ0n) is 14.0. The van der Waals surface area contributed by atoms with Gasteiger partial charge < -0.3 is 19.3 Å². The highest BCUT2D eigenvalue weighted by Gasteiger charge is 2.66. The predicted molar refractivity (Wildman–Crippen MR) is 77.9 cm³/mol. The number of aromatic hydroxyl groups is 1. The lowest BCUT2D eigenvalue weighted by atomic mass is 9.77. The smallest absolute Gasteiger partial charge is 0.417 e. The Kier molecular flexibility index (Phi) is 4.91. The molecule has 25 heavy (non-hydrogen) atoms. The molecule has 0 bridgehead atoms. The molecule has 4 atom stereocenters. The number of ether oxygens (including phenoxy) is 3. The van der Waals surface area contributed by atoms with Gasteiger partial charge in [0.05, 0.1) is 14.2 Å². The van der Waals surface area contributed by atoms with Crippen molar-refractivity contribution in [2.45, 2.75) is 37.6 Å². The monoisotopic (exact) mass is 366 g/mol. The largest absolute Gasteiger partial charge is 0.505 e. The lowest BCUT2D eigenvalue weighted by Crippen LogP contribution is -2.47. The molecule has 1 saturated heterocycles. The van der Waals surface area contributed by atoms with Gasteiger partial charge in [0, 0.05) is 17.4 Å². The van der Waals surface area contributed by atoms with Crippen molar-refractivity contribution in [2.75, 3.05) is 14.2 Å². The lowest BCUT2D eigenvalue weighted by Gasteiger charge is -2.31. The topological polar surface area (TPSA) is 65.0 Å². The number of hydrogen-bond donors (Lipinski definition) is 1. The highest BCUT2D eigenvalue weighted by molar-refractivity contribution is 5.77. The first-order chi connectivity index (χ1) is 11.5. The molecule has 5 nitrogen and oxygen atoms in total. The standard InChI is InChI=1S/C16H18F4O5/c1-7-10(8-5-6-9(21)11(17)12(8)23-3)13(14(22)24-4)25-15(7,2)16(18,19)20/h5-7,10,13,21H,1-4H3/t7-,10-,13?,15+/m0/s1. The van der Waals surface area contributed by atoms with Crippen LogP contribution in [-0.4, -0.2) is 43.2 Å². The van der Waals surface area contributed by atoms with E-state index in [4.69, 9.17) is 9.47 Å². The minimum Gasteiger partial charge on any atom is -0.505 e. The average Bonchev–Trinajstić information content (AvgIpc) is 2.82. The molecule has 1 aliphatic heterocycles. The van der Waals surface area contributed by atoms with Gasteiger partial charge in [-0.05, 0) is 13.0 Å². The molecule has 140 valence electrons. The zero-order chi connectivity index (χ0) is 19.2. The number of halogens is 4. The Morgan fingerprint density at radius 3 is 2.40 bits per heavy atom. The second kappa shape index (κ2) is 6.36. The summed E-state index contributed by atoms with van der Waals surface area (Å²) in [6, 6.07) is 2.19. The second-order valence-electron chi connectivity index (χ2n) is 6.00. The number of rotatable bonds is 3. The summed E-state index contributed by atoms with van der Waals surface area (Å²) in [7, 11) is 2.13. The molecule has 1 fully saturated rings. The van der Waals surface area contributed by atoms with E-state index in [2.05, 4.69) is 4.74 Å². The molecule has 1 N–H and O–H groups in total. The van der Waals surface area contributed by atoms with E-state index in [1.54, 1.807) is 0 Å². The van der Waals surface area contributed by atoms with Gasteiger partial charge in [-0.15, -0.1) is 0 Å². The Bertz CT molecular complexity index is 675. The summed E-state index contributed by atoms with van der Waals surface area (Å²) in [5.74, 6) is -5.75. The Hall–Kier alpha value is -2.03. The quantitative estimate of drug-likeness (QED) is 0.658. The van der Waals surface area contributed by atoms with Gasteiger partial charge in [0.25, 0.3) is 0 Å². The molecule has 0 aromatic heterocycles. The molecule has 0 amide bonds. The summed E-state index contributed by atoms with van der Waals surface area (Å²) in [4.78, 5) is 12.0. The van der Waals surface area contributed by atoms with E-state index in [9.17, 15) is 27.5 Å². The van der Waals surface area contributed by atoms with E-state index < -0.39 is 53.0 Å². The minimum atomic E-state index is -4.77. The summed E-state index contributed by atoms with van der Waals surface area (Å²) in [6.07, 6.45) is -6.37. The van der Waals surface area contributed by atoms with Crippen molar-refractivity contribution >= 4 is 5.97 Å². The summed E-state index contributed by atoms with van der Waals surface area (Å²) in [5, 5.41) is 9.46. The van der Waals surface area contributed by atoms with Gasteiger partial charge in [-0.25, -0.2) is 4.79 Å². The second-order valence-corrected chi connectivity index (χ2v) is 6.00. The van der Waals surface area contributed by atoms with Gasteiger partial charge in [0.2, 0.25) is 5.82 Å². The molecular formula is C16H18F4O5. The fourth-order valence-corrected chi connectivity index (χ4v) is 3.15. The molecule has 1 aliphatic rings. The SMILES string of the molecule is COC(=O)C1O[C@@](C)(C(F)(F)F)[C@@H](C)[C@H]1c1ccc(O)c(F)c1OC. The number of esters is 1. The first-order valence-electron chi connectivity index (χ1n) is 7.37. The normalized spacial score (nSPS) is 29.5. The molecule has 1 aromatic rings. The molecule has 9 heteroatoms. The van der Waals surface area contributed by atoms with Crippen LogP contribution in [0.15, 0.2) is 12.1 Å². The molecule has 0 saturated carbocycles. The zero-order valence-corrected chi connectivity index (χ0v) is 14.0. The van der Waals surface area contributed by atoms with E-state index >= 15 is 0 Å². The minimum absolute atomic E-state index is 0.0197. The van der Waals surface area contributed by atoms with Crippen LogP contribution in [0.5, 0.6) is 11.5 Å². The van der Waals surface area contributed by atoms with Crippen LogP contribution in [0, 0.1) is 11.7 Å². The van der Waals surface area contributed by atoms with Gasteiger partial charge >= 0.3 is 12.1 Å². The molecule has 0 aliphatic carbocycles. The summed E-state index contributed by atoms with van der Waals surface area (Å²) in [5.41, 5.74) is -2.66. The van der Waals surface area contributed by atoms with Crippen molar-refractivity contribution in [3.05, 3.63) is 23.5 Å². The Labute approximate surface area is 141 Å². The third kappa shape index (κ3) is 2.90. The molecule has 1 unspecified atom stereocenters. The summed E-state index contributed by atoms with van der Waals surface area (Å²) in [6.45, 7) is 2.09. The van der Waals surface area contributed by atoms with Crippen molar-refractivity contribution in [3.8, 4) is 11.5 Å². The van der Waals surface area contributed by atoms with Crippen molar-refractivity contribution in [1.82, 2.24) is 0 Å². The van der Waals surface area contributed by atoms with Crippen LogP contribution in [0.3, 0.4) is 0 Å². The molecule has 1 heterocycles. The van der Waals surface area contributed by atoms with E-state index in [0.717, 1.165) is 27.2 Å². The van der Waals surface area contributed by atoms with E-state index in [-0.39, 0.29) is 5.56 Å². The van der Waals surface area contributed by atoms with Gasteiger partial charge in [-0.1, -0.05) is 13.0 Å². The number of phenolic OH excluding ortho intramolecular Hbond substituents is 1. The number of carbonyl (C=O) groups excluding carboxylic acids is 1. The van der Waals surface area contributed by atoms with Crippen molar-refractivity contribution in [1.29, 1.82) is 0 Å². The first-order valence-corrected chi connectivity index (χ1v) is 7.37. The van der Waals surface area contributed by atoms with Gasteiger partial charge in [-0.3, -0.25) is 0 Å². The fraction of sp³-hybridized carbons (Fsp3) is 0.562. The van der Waals surface area contributed by atoms with E-state index in [1.165, 1.54) is 13.0 Å². The first kappa shape index (κ1) is 19.3. The maximum absolute atomic E-state index is 14.1. The van der Waals surface area contributed by atoms with Crippen LogP contribution in [0.25, 0.3) is 0 Å². The molecular weight excluding hydrogens is 348 g/mol. The van der Waals surface area contributed by atoms with Crippen molar-refractivity contribution in [2.24, 2.45) is 5.92 Å². The average molecular weight is 366 g/mol. The maximum atomic E-state index is 14.1. The number of hydrogen-bond acceptors (Lipinski definition) is 5. The van der Waals surface area contributed by atoms with Crippen molar-refractivity contribution in [3.63, 3.8) is 0 Å². The highest BCUT2D eigenvalue weighted by atomic mass is 19.4. The van der Waals surface area contributed by atoms with Crippen molar-refractivity contribution < 1.29 is 41.7 Å². The van der Waals surface area contributed by atoms with Crippen LogP contribution in [-0.2, 0) is 14.3 Å². The van der Waals surface area contributed by atoms with Gasteiger partial charge in [0.1, 0.15) is 0 Å². The Morgan fingerprint density at radius 2 is 1.92 bits per heavy atom. The lowest BCUT2D eigenvalue weighted by molar-refractivity contribution is -0.274. The van der Waals surface area contributed by atoms with Crippen LogP contribution < -0.4 is 4.74 Å². The Morgan fingerprint density at radius 1 is 1.32 bits per heavy atom. The van der Waals surface area contributed by atoms with E-state index in [1.807, 2.05) is 0 Å². The van der Waals surface area contributed by atoms with Gasteiger partial charge in [-0.2, -0.15) is 17.6 Å². The van der Waals surface area contributed by atoms with Gasteiger partial charge in [0.15, 0.2) is 23.2 Å². The fourth-order valence-electron chi connectivity index (χ4n) is 3.15. The highest BCUT2D eigenvalue weighted by Crippen LogP contribution is 2.55. The maximum Gasteiger partial charge on any atom is 0.417 e. The van der Waals surface area contributed by atoms with E-state index in [0.29, 0.717) is 0 Å². The number of benzene rings is 1. The molecule has 0 radical (unpaired) electrons. The van der Waals surface area contributed by atoms with Crippen LogP contribution in [0.4, 0.5) is 17.6 Å².